The van der Waals surface area contributed by atoms with Gasteiger partial charge in [0.05, 0.1) is 0 Å². The Labute approximate surface area is 72.6 Å². The van der Waals surface area contributed by atoms with Gasteiger partial charge in [-0.25, -0.2) is 4.98 Å². The number of amides is 1. The molecule has 0 aliphatic rings. The number of rotatable bonds is 1. The van der Waals surface area contributed by atoms with Crippen LogP contribution in [0.2, 0.25) is 0 Å². The van der Waals surface area contributed by atoms with E-state index in [-0.39, 0.29) is 5.91 Å². The summed E-state index contributed by atoms with van der Waals surface area (Å²) in [6, 6.07) is 3.51. The molecule has 0 aromatic carbocycles. The zero-order valence-corrected chi connectivity index (χ0v) is 7.09. The lowest BCUT2D eigenvalue weighted by Crippen LogP contribution is -2.18. The third kappa shape index (κ3) is 2.08. The molecule has 0 unspecified atom stereocenters. The molecule has 0 bridgehead atoms. The average molecular weight is 160 g/mol. The van der Waals surface area contributed by atoms with Gasteiger partial charge in [-0.3, -0.25) is 4.79 Å². The van der Waals surface area contributed by atoms with E-state index in [0.717, 1.165) is 5.69 Å². The van der Waals surface area contributed by atoms with Crippen LogP contribution in [0.4, 0.5) is 5.82 Å². The van der Waals surface area contributed by atoms with Crippen LogP contribution in [-0.4, -0.2) is 18.7 Å². The van der Waals surface area contributed by atoms with Gasteiger partial charge in [0.1, 0.15) is 13.7 Å². The zero-order chi connectivity index (χ0) is 9.14. The first-order valence-electron chi connectivity index (χ1n) is 3.60. The first kappa shape index (κ1) is 8.78. The van der Waals surface area contributed by atoms with Gasteiger partial charge in [0, 0.05) is 12.6 Å². The lowest BCUT2D eigenvalue weighted by Gasteiger charge is -2.05. The van der Waals surface area contributed by atoms with Crippen molar-refractivity contribution in [1.82, 2.24) is 4.98 Å². The SMILES string of the molecule is [B]c1ccc(C)nc1NC(C)=O. The van der Waals surface area contributed by atoms with E-state index in [1.165, 1.54) is 6.92 Å². The number of anilines is 1. The number of hydrogen-bond acceptors (Lipinski definition) is 2. The van der Waals surface area contributed by atoms with E-state index >= 15 is 0 Å². The summed E-state index contributed by atoms with van der Waals surface area (Å²) in [6.07, 6.45) is 0. The number of nitrogens with one attached hydrogen (secondary N) is 1. The van der Waals surface area contributed by atoms with Crippen molar-refractivity contribution in [1.29, 1.82) is 0 Å². The molecule has 0 fully saturated rings. The van der Waals surface area contributed by atoms with Crippen molar-refractivity contribution in [2.75, 3.05) is 5.32 Å². The molecular weight excluding hydrogens is 151 g/mol. The molecule has 1 rings (SSSR count). The lowest BCUT2D eigenvalue weighted by molar-refractivity contribution is -0.114. The van der Waals surface area contributed by atoms with Crippen molar-refractivity contribution in [2.24, 2.45) is 0 Å². The molecule has 0 atom stereocenters. The predicted octanol–water partition coefficient (Wildman–Crippen LogP) is 0.142. The predicted molar refractivity (Wildman–Crippen MR) is 48.7 cm³/mol. The van der Waals surface area contributed by atoms with Crippen LogP contribution in [0, 0.1) is 6.92 Å². The van der Waals surface area contributed by atoms with Gasteiger partial charge < -0.3 is 5.32 Å². The van der Waals surface area contributed by atoms with E-state index in [4.69, 9.17) is 7.85 Å². The molecule has 1 heterocycles. The second kappa shape index (κ2) is 3.39. The highest BCUT2D eigenvalue weighted by atomic mass is 16.1. The van der Waals surface area contributed by atoms with Gasteiger partial charge in [-0.2, -0.15) is 0 Å². The first-order valence-corrected chi connectivity index (χ1v) is 3.60. The van der Waals surface area contributed by atoms with Gasteiger partial charge in [-0.1, -0.05) is 11.5 Å². The Morgan fingerprint density at radius 1 is 1.58 bits per heavy atom. The minimum Gasteiger partial charge on any atom is -0.311 e. The highest BCUT2D eigenvalue weighted by molar-refractivity contribution is 6.35. The third-order valence-electron chi connectivity index (χ3n) is 1.36. The number of aryl methyl sites for hydroxylation is 1. The normalized spacial score (nSPS) is 9.50. The Kier molecular flexibility index (Phi) is 2.48. The van der Waals surface area contributed by atoms with Crippen LogP contribution in [0.15, 0.2) is 12.1 Å². The standard InChI is InChI=1S/C8H9BN2O/c1-5-3-4-7(9)8(10-5)11-6(2)12/h3-4H,1-2H3,(H,10,11,12). The second-order valence-corrected chi connectivity index (χ2v) is 2.57. The van der Waals surface area contributed by atoms with E-state index in [2.05, 4.69) is 10.3 Å². The fourth-order valence-corrected chi connectivity index (χ4v) is 0.834. The van der Waals surface area contributed by atoms with Crippen LogP contribution < -0.4 is 10.8 Å². The maximum absolute atomic E-state index is 10.7. The number of nitrogens with zero attached hydrogens (tertiary/aromatic N) is 1. The molecule has 1 aromatic heterocycles. The van der Waals surface area contributed by atoms with Crippen LogP contribution in [-0.2, 0) is 4.79 Å². The summed E-state index contributed by atoms with van der Waals surface area (Å²) < 4.78 is 0. The summed E-state index contributed by atoms with van der Waals surface area (Å²) in [6.45, 7) is 3.26. The van der Waals surface area contributed by atoms with Crippen molar-refractivity contribution in [2.45, 2.75) is 13.8 Å². The number of aromatic nitrogens is 1. The van der Waals surface area contributed by atoms with Crippen LogP contribution in [0.3, 0.4) is 0 Å². The lowest BCUT2D eigenvalue weighted by atomic mass is 9.97. The Bertz CT molecular complexity index is 312. The minimum atomic E-state index is -0.167. The van der Waals surface area contributed by atoms with E-state index in [1.54, 1.807) is 12.1 Å². The van der Waals surface area contributed by atoms with Gasteiger partial charge in [0.25, 0.3) is 0 Å². The molecule has 0 spiro atoms. The maximum Gasteiger partial charge on any atom is 0.222 e. The maximum atomic E-state index is 10.7. The van der Waals surface area contributed by atoms with E-state index < -0.39 is 0 Å². The van der Waals surface area contributed by atoms with E-state index in [1.807, 2.05) is 6.92 Å². The summed E-state index contributed by atoms with van der Waals surface area (Å²) in [5.41, 5.74) is 1.31. The quantitative estimate of drug-likeness (QED) is 0.593. The highest BCUT2D eigenvalue weighted by Gasteiger charge is 2.00. The smallest absolute Gasteiger partial charge is 0.222 e. The summed E-state index contributed by atoms with van der Waals surface area (Å²) in [4.78, 5) is 14.7. The number of carbonyl (C=O) groups is 1. The van der Waals surface area contributed by atoms with Gasteiger partial charge in [-0.15, -0.1) is 0 Å². The van der Waals surface area contributed by atoms with Crippen molar-refractivity contribution >= 4 is 25.0 Å². The molecule has 3 nitrogen and oxygen atoms in total. The van der Waals surface area contributed by atoms with Gasteiger partial charge >= 0.3 is 0 Å². The van der Waals surface area contributed by atoms with Crippen molar-refractivity contribution in [3.8, 4) is 0 Å². The first-order chi connectivity index (χ1) is 5.59. The molecule has 2 radical (unpaired) electrons. The van der Waals surface area contributed by atoms with Crippen LogP contribution >= 0.6 is 0 Å². The van der Waals surface area contributed by atoms with Crippen LogP contribution in [0.5, 0.6) is 0 Å². The van der Waals surface area contributed by atoms with Crippen LogP contribution in [0.1, 0.15) is 12.6 Å². The average Bonchev–Trinajstić information content (AvgIpc) is 1.96. The highest BCUT2D eigenvalue weighted by Crippen LogP contribution is 1.99. The van der Waals surface area contributed by atoms with Crippen molar-refractivity contribution in [3.63, 3.8) is 0 Å². The summed E-state index contributed by atoms with van der Waals surface area (Å²) in [5, 5.41) is 2.54. The largest absolute Gasteiger partial charge is 0.311 e. The van der Waals surface area contributed by atoms with Crippen LogP contribution in [0.25, 0.3) is 0 Å². The molecule has 0 saturated carbocycles. The molecule has 60 valence electrons. The molecule has 4 heteroatoms. The number of carbonyl (C=O) groups excluding carboxylic acids is 1. The summed E-state index contributed by atoms with van der Waals surface area (Å²) in [7, 11) is 5.56. The van der Waals surface area contributed by atoms with Gasteiger partial charge in [-0.05, 0) is 13.0 Å². The molecule has 1 N–H and O–H groups in total. The Morgan fingerprint density at radius 3 is 2.83 bits per heavy atom. The summed E-state index contributed by atoms with van der Waals surface area (Å²) >= 11 is 0. The summed E-state index contributed by atoms with van der Waals surface area (Å²) in [5.74, 6) is 0.266. The molecule has 1 aromatic rings. The monoisotopic (exact) mass is 160 g/mol. The minimum absolute atomic E-state index is 0.167. The molecule has 0 aliphatic heterocycles. The van der Waals surface area contributed by atoms with Gasteiger partial charge in [0.15, 0.2) is 0 Å². The second-order valence-electron chi connectivity index (χ2n) is 2.57. The van der Waals surface area contributed by atoms with E-state index in [0.29, 0.717) is 11.3 Å². The fourth-order valence-electron chi connectivity index (χ4n) is 0.834. The molecule has 0 saturated heterocycles. The van der Waals surface area contributed by atoms with Crippen molar-refractivity contribution in [3.05, 3.63) is 17.8 Å². The number of hydrogen-bond donors (Lipinski definition) is 1. The Morgan fingerprint density at radius 2 is 2.25 bits per heavy atom. The van der Waals surface area contributed by atoms with Crippen molar-refractivity contribution < 1.29 is 4.79 Å². The molecule has 0 aliphatic carbocycles. The van der Waals surface area contributed by atoms with Gasteiger partial charge in [0.2, 0.25) is 5.91 Å². The zero-order valence-electron chi connectivity index (χ0n) is 7.09. The number of pyridine rings is 1. The Hall–Kier alpha value is -1.32. The fraction of sp³-hybridized carbons (Fsp3) is 0.250. The van der Waals surface area contributed by atoms with E-state index in [9.17, 15) is 4.79 Å². The molecule has 12 heavy (non-hydrogen) atoms. The topological polar surface area (TPSA) is 42.0 Å². The molecular formula is C8H9BN2O. The third-order valence-corrected chi connectivity index (χ3v) is 1.36. The Balaban J connectivity index is 2.97. The molecule has 1 amide bonds.